The fraction of sp³-hybridized carbons (Fsp3) is 0.462. The van der Waals surface area contributed by atoms with E-state index in [2.05, 4.69) is 29.6 Å². The van der Waals surface area contributed by atoms with Gasteiger partial charge in [-0.15, -0.1) is 0 Å². The molecule has 170 valence electrons. The third-order valence-corrected chi connectivity index (χ3v) is 6.00. The van der Waals surface area contributed by atoms with Gasteiger partial charge in [-0.25, -0.2) is 9.59 Å². The molecular formula is C26H32N2O4. The molecule has 2 aromatic rings. The number of amides is 2. The molecule has 32 heavy (non-hydrogen) atoms. The molecule has 0 bridgehead atoms. The average molecular weight is 437 g/mol. The van der Waals surface area contributed by atoms with Gasteiger partial charge in [-0.2, -0.15) is 0 Å². The van der Waals surface area contributed by atoms with Crippen LogP contribution in [0.1, 0.15) is 51.2 Å². The number of alkyl carbamates (subject to hydrolysis) is 1. The van der Waals surface area contributed by atoms with Gasteiger partial charge < -0.3 is 19.7 Å². The van der Waals surface area contributed by atoms with Crippen LogP contribution < -0.4 is 5.32 Å². The molecular weight excluding hydrogens is 404 g/mol. The largest absolute Gasteiger partial charge is 0.449 e. The topological polar surface area (TPSA) is 67.9 Å². The van der Waals surface area contributed by atoms with Crippen molar-refractivity contribution in [2.24, 2.45) is 5.92 Å². The van der Waals surface area contributed by atoms with Crippen molar-refractivity contribution in [1.29, 1.82) is 0 Å². The number of fused-ring (bicyclic) bond motifs is 3. The van der Waals surface area contributed by atoms with Crippen LogP contribution in [0.4, 0.5) is 9.59 Å². The van der Waals surface area contributed by atoms with E-state index < -0.39 is 11.7 Å². The molecule has 0 radical (unpaired) electrons. The predicted molar refractivity (Wildman–Crippen MR) is 124 cm³/mol. The number of nitrogens with zero attached hydrogens (tertiary/aromatic N) is 1. The van der Waals surface area contributed by atoms with Gasteiger partial charge in [0.15, 0.2) is 0 Å². The van der Waals surface area contributed by atoms with Crippen LogP contribution in [0.25, 0.3) is 11.1 Å². The molecule has 1 heterocycles. The third kappa shape index (κ3) is 4.90. The maximum Gasteiger partial charge on any atom is 0.410 e. The van der Waals surface area contributed by atoms with E-state index in [1.807, 2.05) is 52.0 Å². The molecule has 2 amide bonds. The summed E-state index contributed by atoms with van der Waals surface area (Å²) in [5, 5.41) is 2.94. The van der Waals surface area contributed by atoms with Gasteiger partial charge in [-0.3, -0.25) is 0 Å². The first kappa shape index (κ1) is 22.2. The molecule has 6 nitrogen and oxygen atoms in total. The summed E-state index contributed by atoms with van der Waals surface area (Å²) in [6.07, 6.45) is 0.123. The fourth-order valence-corrected chi connectivity index (χ4v) is 4.59. The van der Waals surface area contributed by atoms with Crippen LogP contribution >= 0.6 is 0 Å². The highest BCUT2D eigenvalue weighted by Crippen LogP contribution is 2.44. The molecule has 1 saturated heterocycles. The minimum Gasteiger partial charge on any atom is -0.449 e. The van der Waals surface area contributed by atoms with E-state index in [1.165, 1.54) is 22.3 Å². The Balaban J connectivity index is 1.24. The second-order valence-corrected chi connectivity index (χ2v) is 9.86. The molecule has 4 rings (SSSR count). The predicted octanol–water partition coefficient (Wildman–Crippen LogP) is 5.17. The molecule has 0 aromatic heterocycles. The van der Waals surface area contributed by atoms with Crippen molar-refractivity contribution in [3.05, 3.63) is 59.7 Å². The Labute approximate surface area is 189 Å². The normalized spacial score (nSPS) is 16.6. The molecule has 6 heteroatoms. The number of hydrogen-bond acceptors (Lipinski definition) is 4. The molecule has 1 N–H and O–H groups in total. The lowest BCUT2D eigenvalue weighted by Crippen LogP contribution is -2.53. The van der Waals surface area contributed by atoms with Crippen molar-refractivity contribution in [3.8, 4) is 11.1 Å². The van der Waals surface area contributed by atoms with Crippen molar-refractivity contribution in [1.82, 2.24) is 10.2 Å². The maximum atomic E-state index is 12.4. The van der Waals surface area contributed by atoms with Crippen molar-refractivity contribution in [3.63, 3.8) is 0 Å². The first-order valence-corrected chi connectivity index (χ1v) is 11.3. The van der Waals surface area contributed by atoms with Gasteiger partial charge in [-0.1, -0.05) is 48.5 Å². The lowest BCUT2D eigenvalue weighted by atomic mass is 9.93. The zero-order valence-corrected chi connectivity index (χ0v) is 19.3. The molecule has 2 aromatic carbocycles. The summed E-state index contributed by atoms with van der Waals surface area (Å²) in [4.78, 5) is 26.2. The van der Waals surface area contributed by atoms with E-state index >= 15 is 0 Å². The summed E-state index contributed by atoms with van der Waals surface area (Å²) in [5.41, 5.74) is 4.34. The Hall–Kier alpha value is -3.02. The van der Waals surface area contributed by atoms with Gasteiger partial charge in [0.2, 0.25) is 0 Å². The quantitative estimate of drug-likeness (QED) is 0.702. The molecule has 1 atom stereocenters. The minimum absolute atomic E-state index is 0.0311. The zero-order chi connectivity index (χ0) is 22.9. The van der Waals surface area contributed by atoms with E-state index in [-0.39, 0.29) is 18.1 Å². The van der Waals surface area contributed by atoms with E-state index in [4.69, 9.17) is 9.47 Å². The number of hydrogen-bond donors (Lipinski definition) is 1. The van der Waals surface area contributed by atoms with Gasteiger partial charge >= 0.3 is 12.2 Å². The molecule has 1 unspecified atom stereocenters. The number of nitrogens with one attached hydrogen (secondary N) is 1. The van der Waals surface area contributed by atoms with Crippen molar-refractivity contribution in [2.45, 2.75) is 51.7 Å². The minimum atomic E-state index is -0.485. The Morgan fingerprint density at radius 2 is 1.59 bits per heavy atom. The third-order valence-electron chi connectivity index (χ3n) is 6.00. The second-order valence-electron chi connectivity index (χ2n) is 9.86. The molecule has 1 aliphatic heterocycles. The SMILES string of the molecule is CC(CC1CN(C(=O)OC(C)(C)C)C1)NC(=O)OCC1c2ccccc2-c2ccccc21. The van der Waals surface area contributed by atoms with Crippen LogP contribution in [0.15, 0.2) is 48.5 Å². The summed E-state index contributed by atoms with van der Waals surface area (Å²) in [6, 6.07) is 16.6. The van der Waals surface area contributed by atoms with E-state index in [0.29, 0.717) is 25.6 Å². The highest BCUT2D eigenvalue weighted by molar-refractivity contribution is 5.79. The summed E-state index contributed by atoms with van der Waals surface area (Å²) >= 11 is 0. The zero-order valence-electron chi connectivity index (χ0n) is 19.3. The smallest absolute Gasteiger partial charge is 0.410 e. The molecule has 1 fully saturated rings. The van der Waals surface area contributed by atoms with Gasteiger partial charge in [0.25, 0.3) is 0 Å². The lowest BCUT2D eigenvalue weighted by molar-refractivity contribution is -0.00338. The van der Waals surface area contributed by atoms with E-state index in [1.54, 1.807) is 4.90 Å². The summed E-state index contributed by atoms with van der Waals surface area (Å²) < 4.78 is 11.0. The van der Waals surface area contributed by atoms with Gasteiger partial charge in [0, 0.05) is 25.0 Å². The number of ether oxygens (including phenoxy) is 2. The lowest BCUT2D eigenvalue weighted by Gasteiger charge is -2.40. The summed E-state index contributed by atoms with van der Waals surface area (Å²) in [7, 11) is 0. The fourth-order valence-electron chi connectivity index (χ4n) is 4.59. The highest BCUT2D eigenvalue weighted by atomic mass is 16.6. The number of rotatable bonds is 5. The molecule has 2 aliphatic rings. The maximum absolute atomic E-state index is 12.4. The average Bonchev–Trinajstić information content (AvgIpc) is 3.01. The van der Waals surface area contributed by atoms with E-state index in [9.17, 15) is 9.59 Å². The van der Waals surface area contributed by atoms with Gasteiger partial charge in [0.1, 0.15) is 12.2 Å². The van der Waals surface area contributed by atoms with Crippen LogP contribution in [-0.4, -0.2) is 48.4 Å². The number of carbonyl (C=O) groups is 2. The highest BCUT2D eigenvalue weighted by Gasteiger charge is 2.35. The number of carbonyl (C=O) groups excluding carboxylic acids is 2. The second kappa shape index (κ2) is 8.85. The molecule has 0 spiro atoms. The number of likely N-dealkylation sites (tertiary alicyclic amines) is 1. The Morgan fingerprint density at radius 1 is 1.03 bits per heavy atom. The Morgan fingerprint density at radius 3 is 2.16 bits per heavy atom. The monoisotopic (exact) mass is 436 g/mol. The Bertz CT molecular complexity index is 946. The molecule has 0 saturated carbocycles. The van der Waals surface area contributed by atoms with Crippen LogP contribution in [-0.2, 0) is 9.47 Å². The van der Waals surface area contributed by atoms with Crippen LogP contribution in [0.2, 0.25) is 0 Å². The van der Waals surface area contributed by atoms with Crippen molar-refractivity contribution < 1.29 is 19.1 Å². The number of benzene rings is 2. The summed E-state index contributed by atoms with van der Waals surface area (Å²) in [5.74, 6) is 0.406. The standard InChI is InChI=1S/C26H32N2O4/c1-17(13-18-14-28(15-18)25(30)32-26(2,3)4)27-24(29)31-16-23-21-11-7-5-9-19(21)20-10-6-8-12-22(20)23/h5-12,17-18,23H,13-16H2,1-4H3,(H,27,29). The first-order chi connectivity index (χ1) is 15.2. The van der Waals surface area contributed by atoms with Crippen LogP contribution in [0, 0.1) is 5.92 Å². The van der Waals surface area contributed by atoms with Crippen molar-refractivity contribution in [2.75, 3.05) is 19.7 Å². The summed E-state index contributed by atoms with van der Waals surface area (Å²) in [6.45, 7) is 9.19. The van der Waals surface area contributed by atoms with Crippen LogP contribution in [0.5, 0.6) is 0 Å². The van der Waals surface area contributed by atoms with Crippen molar-refractivity contribution >= 4 is 12.2 Å². The Kier molecular flexibility index (Phi) is 6.13. The van der Waals surface area contributed by atoms with E-state index in [0.717, 1.165) is 6.42 Å². The van der Waals surface area contributed by atoms with Crippen LogP contribution in [0.3, 0.4) is 0 Å². The van der Waals surface area contributed by atoms with Gasteiger partial charge in [-0.05, 0) is 62.3 Å². The van der Waals surface area contributed by atoms with Gasteiger partial charge in [0.05, 0.1) is 0 Å². The first-order valence-electron chi connectivity index (χ1n) is 11.3. The molecule has 1 aliphatic carbocycles.